The Bertz CT molecular complexity index is 1260. The second-order valence-corrected chi connectivity index (χ2v) is 11.8. The van der Waals surface area contributed by atoms with Crippen LogP contribution in [0.3, 0.4) is 0 Å². The van der Waals surface area contributed by atoms with E-state index in [2.05, 4.69) is 10.6 Å². The first-order valence-electron chi connectivity index (χ1n) is 12.0. The highest BCUT2D eigenvalue weighted by Crippen LogP contribution is 2.41. The van der Waals surface area contributed by atoms with Crippen LogP contribution in [0, 0.1) is 0 Å². The van der Waals surface area contributed by atoms with Crippen LogP contribution in [-0.4, -0.2) is 52.3 Å². The van der Waals surface area contributed by atoms with Crippen LogP contribution >= 0.6 is 15.2 Å². The molecule has 0 aliphatic heterocycles. The third-order valence-electron chi connectivity index (χ3n) is 4.75. The van der Waals surface area contributed by atoms with Crippen molar-refractivity contribution >= 4 is 27.4 Å². The third kappa shape index (κ3) is 15.7. The average molecular weight is 594 g/mol. The molecule has 3 rings (SSSR count). The molecule has 3 aromatic carbocycles. The van der Waals surface area contributed by atoms with Gasteiger partial charge in [0, 0.05) is 13.1 Å². The first-order chi connectivity index (χ1) is 19.0. The lowest BCUT2D eigenvalue weighted by atomic mass is 10.2. The quantitative estimate of drug-likeness (QED) is 0.190. The number of para-hydroxylation sites is 1. The highest BCUT2D eigenvalue weighted by molar-refractivity contribution is 7.53. The van der Waals surface area contributed by atoms with Crippen molar-refractivity contribution in [2.45, 2.75) is 13.2 Å². The van der Waals surface area contributed by atoms with Crippen LogP contribution in [0.4, 0.5) is 9.59 Å². The summed E-state index contributed by atoms with van der Waals surface area (Å²) >= 11 is 0. The number of amides is 2. The van der Waals surface area contributed by atoms with E-state index in [1.807, 2.05) is 60.7 Å². The van der Waals surface area contributed by atoms with Crippen LogP contribution in [0.5, 0.6) is 5.75 Å². The lowest BCUT2D eigenvalue weighted by molar-refractivity contribution is 0.139. The molecule has 0 bridgehead atoms. The van der Waals surface area contributed by atoms with Crippen molar-refractivity contribution in [2.24, 2.45) is 0 Å². The number of alkyl carbamates (subject to hydrolysis) is 2. The number of carbonyl (C=O) groups is 2. The van der Waals surface area contributed by atoms with Gasteiger partial charge in [0.1, 0.15) is 19.0 Å². The van der Waals surface area contributed by atoms with Gasteiger partial charge < -0.3 is 39.3 Å². The smallest absolute Gasteiger partial charge is 0.407 e. The molecule has 0 aromatic heterocycles. The molecule has 0 spiro atoms. The Morgan fingerprint density at radius 1 is 0.625 bits per heavy atom. The van der Waals surface area contributed by atoms with Crippen molar-refractivity contribution < 1.29 is 47.4 Å². The minimum absolute atomic E-state index is 0.0196. The summed E-state index contributed by atoms with van der Waals surface area (Å²) in [6, 6.07) is 26.7. The fraction of sp³-hybridized carbons (Fsp3) is 0.231. The second kappa shape index (κ2) is 17.1. The molecule has 0 saturated carbocycles. The molecule has 5 N–H and O–H groups in total. The highest BCUT2D eigenvalue weighted by atomic mass is 31.2. The summed E-state index contributed by atoms with van der Waals surface area (Å²) in [4.78, 5) is 49.5. The molecule has 0 aliphatic rings. The predicted octanol–water partition coefficient (Wildman–Crippen LogP) is 4.27. The minimum Gasteiger partial charge on any atom is -0.445 e. The Labute approximate surface area is 232 Å². The van der Waals surface area contributed by atoms with E-state index in [9.17, 15) is 23.6 Å². The summed E-state index contributed by atoms with van der Waals surface area (Å²) < 4.78 is 37.3. The predicted molar refractivity (Wildman–Crippen MR) is 148 cm³/mol. The summed E-state index contributed by atoms with van der Waals surface area (Å²) in [6.45, 7) is 0.138. The summed E-state index contributed by atoms with van der Waals surface area (Å²) in [7, 11) is -7.89. The lowest BCUT2D eigenvalue weighted by Crippen LogP contribution is -2.27. The number of rotatable bonds is 12. The maximum atomic E-state index is 11.9. The van der Waals surface area contributed by atoms with Crippen LogP contribution in [0.25, 0.3) is 0 Å². The van der Waals surface area contributed by atoms with Gasteiger partial charge in [0.2, 0.25) is 0 Å². The van der Waals surface area contributed by atoms with Crippen molar-refractivity contribution in [1.82, 2.24) is 10.6 Å². The van der Waals surface area contributed by atoms with Gasteiger partial charge in [-0.3, -0.25) is 4.57 Å². The molecule has 1 unspecified atom stereocenters. The Morgan fingerprint density at radius 3 is 1.45 bits per heavy atom. The highest BCUT2D eigenvalue weighted by Gasteiger charge is 2.21. The maximum Gasteiger partial charge on any atom is 0.407 e. The van der Waals surface area contributed by atoms with Crippen molar-refractivity contribution in [3.63, 3.8) is 0 Å². The summed E-state index contributed by atoms with van der Waals surface area (Å²) in [5.74, 6) is 0.310. The molecule has 0 fully saturated rings. The van der Waals surface area contributed by atoms with Crippen LogP contribution < -0.4 is 15.2 Å². The summed E-state index contributed by atoms with van der Waals surface area (Å²) in [6.07, 6.45) is -1.94. The molecule has 12 nitrogen and oxygen atoms in total. The van der Waals surface area contributed by atoms with Gasteiger partial charge in [0.25, 0.3) is 0 Å². The minimum atomic E-state index is -4.07. The van der Waals surface area contributed by atoms with Gasteiger partial charge in [-0.15, -0.1) is 0 Å². The van der Waals surface area contributed by atoms with E-state index >= 15 is 0 Å². The second-order valence-electron chi connectivity index (χ2n) is 8.13. The Morgan fingerprint density at radius 2 is 1.02 bits per heavy atom. The van der Waals surface area contributed by atoms with E-state index in [-0.39, 0.29) is 32.5 Å². The molecule has 0 heterocycles. The van der Waals surface area contributed by atoms with Gasteiger partial charge in [-0.2, -0.15) is 0 Å². The molecule has 216 valence electrons. The molecular weight excluding hydrogens is 562 g/mol. The zero-order chi connectivity index (χ0) is 29.3. The number of nitrogens with one attached hydrogen (secondary N) is 2. The van der Waals surface area contributed by atoms with Crippen LogP contribution in [0.1, 0.15) is 11.1 Å². The number of carbonyl (C=O) groups excluding carboxylic acids is 2. The molecular formula is C26H32N2O10P2. The molecule has 2 amide bonds. The van der Waals surface area contributed by atoms with Gasteiger partial charge in [-0.25, -0.2) is 14.2 Å². The van der Waals surface area contributed by atoms with E-state index < -0.39 is 33.5 Å². The van der Waals surface area contributed by atoms with Crippen molar-refractivity contribution in [3.8, 4) is 5.75 Å². The zero-order valence-corrected chi connectivity index (χ0v) is 23.3. The van der Waals surface area contributed by atoms with Gasteiger partial charge in [0.05, 0.1) is 12.3 Å². The topological polar surface area (TPSA) is 181 Å². The van der Waals surface area contributed by atoms with Crippen LogP contribution in [0.15, 0.2) is 91.0 Å². The molecule has 0 saturated heterocycles. The normalized spacial score (nSPS) is 12.1. The summed E-state index contributed by atoms with van der Waals surface area (Å²) in [5.41, 5.74) is 1.71. The standard InChI is InChI=1S/C16H18NO5P.C10H14NO5P/c18-16(21-13-14-7-3-1-4-8-14)17-11-12-23(19,20)22-15-9-5-2-6-10-15;12-10(11-6-7-17(13,14)15)16-8-9-4-2-1-3-5-9/h1-10H,11-13H2,(H,17,18)(H,19,20);1-5H,6-8H2,(H,11,12)(H2,13,14,15). The Kier molecular flexibility index (Phi) is 13.9. The average Bonchev–Trinajstić information content (AvgIpc) is 2.92. The fourth-order valence-electron chi connectivity index (χ4n) is 2.84. The van der Waals surface area contributed by atoms with Crippen LogP contribution in [0.2, 0.25) is 0 Å². The number of benzene rings is 3. The van der Waals surface area contributed by atoms with Gasteiger partial charge in [-0.05, 0) is 23.3 Å². The van der Waals surface area contributed by atoms with Crippen molar-refractivity contribution in [2.75, 3.05) is 25.4 Å². The first kappa shape index (κ1) is 32.6. The molecule has 40 heavy (non-hydrogen) atoms. The lowest BCUT2D eigenvalue weighted by Gasteiger charge is -2.13. The molecule has 3 aromatic rings. The first-order valence-corrected chi connectivity index (χ1v) is 15.6. The number of hydrogen-bond donors (Lipinski definition) is 5. The van der Waals surface area contributed by atoms with Gasteiger partial charge in [0.15, 0.2) is 0 Å². The Balaban J connectivity index is 0.000000294. The fourth-order valence-corrected chi connectivity index (χ4v) is 4.18. The van der Waals surface area contributed by atoms with E-state index in [0.29, 0.717) is 5.75 Å². The maximum absolute atomic E-state index is 11.9. The van der Waals surface area contributed by atoms with E-state index in [0.717, 1.165) is 11.1 Å². The van der Waals surface area contributed by atoms with Crippen molar-refractivity contribution in [3.05, 3.63) is 102 Å². The number of ether oxygens (including phenoxy) is 2. The monoisotopic (exact) mass is 594 g/mol. The van der Waals surface area contributed by atoms with Crippen molar-refractivity contribution in [1.29, 1.82) is 0 Å². The van der Waals surface area contributed by atoms with Gasteiger partial charge in [-0.1, -0.05) is 78.9 Å². The Hall–Kier alpha value is -3.66. The molecule has 1 atom stereocenters. The SMILES string of the molecule is O=C(NCCP(=O)(O)O)OCc1ccccc1.O=C(NCCP(=O)(O)Oc1ccccc1)OCc1ccccc1. The largest absolute Gasteiger partial charge is 0.445 e. The van der Waals surface area contributed by atoms with Crippen LogP contribution in [-0.2, 0) is 31.8 Å². The zero-order valence-electron chi connectivity index (χ0n) is 21.5. The molecule has 0 radical (unpaired) electrons. The van der Waals surface area contributed by atoms with E-state index in [1.54, 1.807) is 30.3 Å². The molecule has 14 heteroatoms. The molecule has 0 aliphatic carbocycles. The third-order valence-corrected chi connectivity index (χ3v) is 6.84. The van der Waals surface area contributed by atoms with E-state index in [1.165, 1.54) is 0 Å². The van der Waals surface area contributed by atoms with Gasteiger partial charge >= 0.3 is 27.4 Å². The number of hydrogen-bond acceptors (Lipinski definition) is 7. The van der Waals surface area contributed by atoms with E-state index in [4.69, 9.17) is 23.8 Å². The summed E-state index contributed by atoms with van der Waals surface area (Å²) in [5, 5.41) is 4.68.